The third-order valence-electron chi connectivity index (χ3n) is 3.01. The van der Waals surface area contributed by atoms with Gasteiger partial charge in [-0.1, -0.05) is 17.7 Å². The molecule has 1 heterocycles. The van der Waals surface area contributed by atoms with E-state index in [4.69, 9.17) is 16.7 Å². The summed E-state index contributed by atoms with van der Waals surface area (Å²) in [5.41, 5.74) is 1.15. The number of rotatable bonds is 3. The highest BCUT2D eigenvalue weighted by Crippen LogP contribution is 2.25. The number of hydrogen-bond donors (Lipinski definition) is 1. The molecule has 17 heavy (non-hydrogen) atoms. The predicted octanol–water partition coefficient (Wildman–Crippen LogP) is 3.01. The van der Waals surface area contributed by atoms with Crippen LogP contribution < -0.4 is 0 Å². The first-order valence-corrected chi connectivity index (χ1v) is 6.62. The van der Waals surface area contributed by atoms with Crippen molar-refractivity contribution < 1.29 is 9.90 Å². The van der Waals surface area contributed by atoms with Crippen LogP contribution in [0.2, 0.25) is 5.02 Å². The summed E-state index contributed by atoms with van der Waals surface area (Å²) in [6.45, 7) is 2.26. The van der Waals surface area contributed by atoms with Crippen molar-refractivity contribution in [1.82, 2.24) is 4.90 Å². The molecule has 0 saturated carbocycles. The number of nitrogens with zero attached hydrogens (tertiary/aromatic N) is 1. The van der Waals surface area contributed by atoms with Crippen LogP contribution in [-0.4, -0.2) is 29.1 Å². The van der Waals surface area contributed by atoms with Gasteiger partial charge in [-0.05, 0) is 46.6 Å². The SMILES string of the molecule is O=C(O)C1CCN(Cc2ccc(Cl)c(Br)c2)C1. The summed E-state index contributed by atoms with van der Waals surface area (Å²) in [7, 11) is 0. The van der Waals surface area contributed by atoms with Crippen molar-refractivity contribution in [2.24, 2.45) is 5.92 Å². The molecule has 1 N–H and O–H groups in total. The van der Waals surface area contributed by atoms with E-state index in [0.717, 1.165) is 29.5 Å². The maximum atomic E-state index is 10.8. The molecule has 0 spiro atoms. The third kappa shape index (κ3) is 3.21. The largest absolute Gasteiger partial charge is 0.481 e. The molecule has 1 aliphatic rings. The number of carboxylic acids is 1. The maximum Gasteiger partial charge on any atom is 0.307 e. The van der Waals surface area contributed by atoms with Crippen LogP contribution in [0.5, 0.6) is 0 Å². The quantitative estimate of drug-likeness (QED) is 0.931. The monoisotopic (exact) mass is 317 g/mol. The minimum Gasteiger partial charge on any atom is -0.481 e. The second-order valence-corrected chi connectivity index (χ2v) is 5.57. The van der Waals surface area contributed by atoms with Crippen LogP contribution >= 0.6 is 27.5 Å². The average molecular weight is 319 g/mol. The minimum absolute atomic E-state index is 0.217. The molecule has 1 aliphatic heterocycles. The van der Waals surface area contributed by atoms with Gasteiger partial charge in [0, 0.05) is 17.6 Å². The summed E-state index contributed by atoms with van der Waals surface area (Å²) in [6.07, 6.45) is 0.740. The molecule has 1 fully saturated rings. The van der Waals surface area contributed by atoms with Crippen molar-refractivity contribution in [2.75, 3.05) is 13.1 Å². The number of halogens is 2. The Balaban J connectivity index is 1.98. The van der Waals surface area contributed by atoms with Gasteiger partial charge >= 0.3 is 5.97 Å². The van der Waals surface area contributed by atoms with Crippen LogP contribution in [0.25, 0.3) is 0 Å². The van der Waals surface area contributed by atoms with E-state index in [0.29, 0.717) is 11.6 Å². The zero-order valence-electron chi connectivity index (χ0n) is 9.20. The second-order valence-electron chi connectivity index (χ2n) is 4.31. The van der Waals surface area contributed by atoms with Crippen LogP contribution in [0.1, 0.15) is 12.0 Å². The van der Waals surface area contributed by atoms with E-state index in [1.165, 1.54) is 0 Å². The van der Waals surface area contributed by atoms with Crippen molar-refractivity contribution in [3.8, 4) is 0 Å². The van der Waals surface area contributed by atoms with Gasteiger partial charge in [-0.3, -0.25) is 9.69 Å². The Hall–Kier alpha value is -0.580. The molecule has 1 aromatic carbocycles. The van der Waals surface area contributed by atoms with Gasteiger partial charge in [0.15, 0.2) is 0 Å². The maximum absolute atomic E-state index is 10.8. The molecule has 0 aliphatic carbocycles. The highest BCUT2D eigenvalue weighted by molar-refractivity contribution is 9.10. The van der Waals surface area contributed by atoms with Crippen LogP contribution in [0.15, 0.2) is 22.7 Å². The number of benzene rings is 1. The lowest BCUT2D eigenvalue weighted by molar-refractivity contribution is -0.141. The smallest absolute Gasteiger partial charge is 0.307 e. The molecule has 92 valence electrons. The van der Waals surface area contributed by atoms with Gasteiger partial charge in [0.1, 0.15) is 0 Å². The predicted molar refractivity (Wildman–Crippen MR) is 70.2 cm³/mol. The second kappa shape index (κ2) is 5.38. The first-order valence-electron chi connectivity index (χ1n) is 5.45. The Labute approximate surface area is 114 Å². The molecule has 0 amide bonds. The van der Waals surface area contributed by atoms with Crippen LogP contribution in [0, 0.1) is 5.92 Å². The van der Waals surface area contributed by atoms with E-state index in [9.17, 15) is 4.79 Å². The molecule has 2 rings (SSSR count). The first kappa shape index (κ1) is 12.9. The average Bonchev–Trinajstić information content (AvgIpc) is 2.72. The van der Waals surface area contributed by atoms with E-state index < -0.39 is 5.97 Å². The summed E-state index contributed by atoms with van der Waals surface area (Å²) in [5, 5.41) is 9.62. The molecule has 1 aromatic rings. The van der Waals surface area contributed by atoms with E-state index >= 15 is 0 Å². The highest BCUT2D eigenvalue weighted by atomic mass is 79.9. The topological polar surface area (TPSA) is 40.5 Å². The standard InChI is InChI=1S/C12H13BrClNO2/c13-10-5-8(1-2-11(10)14)6-15-4-3-9(7-15)12(16)17/h1-2,5,9H,3-4,6-7H2,(H,16,17). The highest BCUT2D eigenvalue weighted by Gasteiger charge is 2.27. The molecule has 1 saturated heterocycles. The normalized spacial score (nSPS) is 20.7. The van der Waals surface area contributed by atoms with E-state index in [2.05, 4.69) is 20.8 Å². The van der Waals surface area contributed by atoms with Gasteiger partial charge in [-0.25, -0.2) is 0 Å². The molecule has 5 heteroatoms. The lowest BCUT2D eigenvalue weighted by Gasteiger charge is -2.15. The van der Waals surface area contributed by atoms with Gasteiger partial charge in [0.05, 0.1) is 10.9 Å². The van der Waals surface area contributed by atoms with E-state index in [1.807, 2.05) is 18.2 Å². The van der Waals surface area contributed by atoms with Gasteiger partial charge in [0.2, 0.25) is 0 Å². The molecular weight excluding hydrogens is 305 g/mol. The molecule has 0 aromatic heterocycles. The summed E-state index contributed by atoms with van der Waals surface area (Å²) < 4.78 is 0.880. The van der Waals surface area contributed by atoms with Crippen LogP contribution in [0.3, 0.4) is 0 Å². The first-order chi connectivity index (χ1) is 8.06. The fourth-order valence-corrected chi connectivity index (χ4v) is 2.62. The van der Waals surface area contributed by atoms with E-state index in [-0.39, 0.29) is 5.92 Å². The van der Waals surface area contributed by atoms with Gasteiger partial charge in [0.25, 0.3) is 0 Å². The molecule has 1 atom stereocenters. The minimum atomic E-state index is -0.690. The Morgan fingerprint density at radius 1 is 1.59 bits per heavy atom. The fourth-order valence-electron chi connectivity index (χ4n) is 2.07. The Bertz CT molecular complexity index is 439. The van der Waals surface area contributed by atoms with Gasteiger partial charge in [-0.2, -0.15) is 0 Å². The van der Waals surface area contributed by atoms with Crippen LogP contribution in [-0.2, 0) is 11.3 Å². The number of carboxylic acid groups (broad SMARTS) is 1. The number of hydrogen-bond acceptors (Lipinski definition) is 2. The molecule has 0 radical (unpaired) electrons. The zero-order valence-corrected chi connectivity index (χ0v) is 11.5. The molecular formula is C12H13BrClNO2. The van der Waals surface area contributed by atoms with Crippen molar-refractivity contribution in [3.63, 3.8) is 0 Å². The summed E-state index contributed by atoms with van der Waals surface area (Å²) >= 11 is 9.31. The number of carbonyl (C=O) groups is 1. The Morgan fingerprint density at radius 2 is 2.35 bits per heavy atom. The number of likely N-dealkylation sites (tertiary alicyclic amines) is 1. The van der Waals surface area contributed by atoms with Crippen molar-refractivity contribution in [3.05, 3.63) is 33.3 Å². The summed E-state index contributed by atoms with van der Waals surface area (Å²) in [5.74, 6) is -0.907. The van der Waals surface area contributed by atoms with Gasteiger partial charge < -0.3 is 5.11 Å². The molecule has 0 bridgehead atoms. The third-order valence-corrected chi connectivity index (χ3v) is 4.23. The molecule has 1 unspecified atom stereocenters. The fraction of sp³-hybridized carbons (Fsp3) is 0.417. The van der Waals surface area contributed by atoms with Gasteiger partial charge in [-0.15, -0.1) is 0 Å². The number of aliphatic carboxylic acids is 1. The Morgan fingerprint density at radius 3 is 2.94 bits per heavy atom. The lowest BCUT2D eigenvalue weighted by atomic mass is 10.1. The van der Waals surface area contributed by atoms with Crippen LogP contribution in [0.4, 0.5) is 0 Å². The van der Waals surface area contributed by atoms with Crippen molar-refractivity contribution in [1.29, 1.82) is 0 Å². The lowest BCUT2D eigenvalue weighted by Crippen LogP contribution is -2.22. The van der Waals surface area contributed by atoms with E-state index in [1.54, 1.807) is 0 Å². The van der Waals surface area contributed by atoms with Crippen molar-refractivity contribution >= 4 is 33.5 Å². The zero-order chi connectivity index (χ0) is 12.4. The summed E-state index contributed by atoms with van der Waals surface area (Å²) in [4.78, 5) is 13.0. The van der Waals surface area contributed by atoms with Crippen molar-refractivity contribution in [2.45, 2.75) is 13.0 Å². The Kier molecular flexibility index (Phi) is 4.07. The molecule has 3 nitrogen and oxygen atoms in total. The summed E-state index contributed by atoms with van der Waals surface area (Å²) in [6, 6.07) is 5.81.